The summed E-state index contributed by atoms with van der Waals surface area (Å²) in [4.78, 5) is 2.23. The van der Waals surface area contributed by atoms with E-state index in [9.17, 15) is 4.39 Å². The Morgan fingerprint density at radius 2 is 1.72 bits per heavy atom. The van der Waals surface area contributed by atoms with Gasteiger partial charge in [0, 0.05) is 53.6 Å². The molecule has 0 unspecified atom stereocenters. The molecule has 5 heteroatoms. The van der Waals surface area contributed by atoms with E-state index in [0.717, 1.165) is 48.6 Å². The molecule has 1 saturated heterocycles. The normalized spacial score (nSPS) is 13.8. The number of piperidine rings is 1. The molecule has 0 saturated carbocycles. The second-order valence-corrected chi connectivity index (χ2v) is 7.21. The minimum absolute atomic E-state index is 0.117. The van der Waals surface area contributed by atoms with Crippen LogP contribution < -0.4 is 10.1 Å². The predicted molar refractivity (Wildman–Crippen MR) is 122 cm³/mol. The zero-order chi connectivity index (χ0) is 21.4. The van der Waals surface area contributed by atoms with E-state index in [1.165, 1.54) is 12.1 Å². The van der Waals surface area contributed by atoms with Gasteiger partial charge in [0.2, 0.25) is 0 Å². The van der Waals surface area contributed by atoms with E-state index in [0.29, 0.717) is 10.8 Å². The number of anilines is 1. The zero-order valence-electron chi connectivity index (χ0n) is 16.9. The van der Waals surface area contributed by atoms with Gasteiger partial charge in [0.25, 0.3) is 0 Å². The van der Waals surface area contributed by atoms with Crippen LogP contribution in [0.5, 0.6) is 5.75 Å². The first-order chi connectivity index (χ1) is 13.9. The van der Waals surface area contributed by atoms with Crippen molar-refractivity contribution >= 4 is 23.0 Å². The summed E-state index contributed by atoms with van der Waals surface area (Å²) in [6.07, 6.45) is 1.86. The van der Waals surface area contributed by atoms with E-state index in [4.69, 9.17) is 16.3 Å². The Hall–Kier alpha value is -2.72. The molecule has 0 spiro atoms. The lowest BCUT2D eigenvalue weighted by Crippen LogP contribution is -2.37. The average molecular weight is 415 g/mol. The summed E-state index contributed by atoms with van der Waals surface area (Å²) in [5.41, 5.74) is 3.64. The van der Waals surface area contributed by atoms with Crippen molar-refractivity contribution in [2.75, 3.05) is 18.4 Å². The number of likely N-dealkylation sites (tertiary alicyclic amines) is 1. The highest BCUT2D eigenvalue weighted by molar-refractivity contribution is 6.32. The van der Waals surface area contributed by atoms with Crippen molar-refractivity contribution in [1.29, 1.82) is 0 Å². The van der Waals surface area contributed by atoms with Crippen molar-refractivity contribution in [3.8, 4) is 5.75 Å². The number of hydrogen-bond acceptors (Lipinski definition) is 3. The molecule has 0 bridgehead atoms. The molecular formula is C24H28ClFN2O. The SMILES string of the molecule is C=C.C=C(C)Nc1ccc(Cl)c(C(=C)N2CCC(Oc3ccc(F)cc3)CC2)c1. The highest BCUT2D eigenvalue weighted by Gasteiger charge is 2.23. The summed E-state index contributed by atoms with van der Waals surface area (Å²) in [6.45, 7) is 17.7. The molecule has 0 radical (unpaired) electrons. The lowest BCUT2D eigenvalue weighted by Gasteiger charge is -2.35. The van der Waals surface area contributed by atoms with E-state index in [-0.39, 0.29) is 11.9 Å². The fraction of sp³-hybridized carbons (Fsp3) is 0.250. The summed E-state index contributed by atoms with van der Waals surface area (Å²) in [7, 11) is 0. The average Bonchev–Trinajstić information content (AvgIpc) is 2.72. The summed E-state index contributed by atoms with van der Waals surface area (Å²) < 4.78 is 19.0. The number of benzene rings is 2. The third-order valence-electron chi connectivity index (χ3n) is 4.58. The van der Waals surface area contributed by atoms with Gasteiger partial charge >= 0.3 is 0 Å². The molecule has 29 heavy (non-hydrogen) atoms. The Morgan fingerprint density at radius 1 is 1.10 bits per heavy atom. The van der Waals surface area contributed by atoms with Crippen molar-refractivity contribution in [2.45, 2.75) is 25.9 Å². The van der Waals surface area contributed by atoms with Gasteiger partial charge in [-0.05, 0) is 49.4 Å². The van der Waals surface area contributed by atoms with Crippen molar-refractivity contribution in [1.82, 2.24) is 4.90 Å². The Bertz CT molecular complexity index is 842. The van der Waals surface area contributed by atoms with Gasteiger partial charge in [0.15, 0.2) is 0 Å². The second-order valence-electron chi connectivity index (χ2n) is 6.80. The molecule has 154 valence electrons. The van der Waals surface area contributed by atoms with E-state index in [1.54, 1.807) is 12.1 Å². The van der Waals surface area contributed by atoms with Crippen LogP contribution in [-0.4, -0.2) is 24.1 Å². The van der Waals surface area contributed by atoms with Crippen LogP contribution >= 0.6 is 11.6 Å². The van der Waals surface area contributed by atoms with Gasteiger partial charge in [-0.3, -0.25) is 0 Å². The van der Waals surface area contributed by atoms with Crippen molar-refractivity contribution < 1.29 is 9.13 Å². The molecule has 2 aromatic carbocycles. The molecule has 2 aromatic rings. The third-order valence-corrected chi connectivity index (χ3v) is 4.90. The molecule has 1 fully saturated rings. The molecule has 1 aliphatic heterocycles. The quantitative estimate of drug-likeness (QED) is 0.529. The van der Waals surface area contributed by atoms with Gasteiger partial charge in [-0.25, -0.2) is 4.39 Å². The topological polar surface area (TPSA) is 24.5 Å². The van der Waals surface area contributed by atoms with Crippen LogP contribution in [0.25, 0.3) is 5.70 Å². The number of halogens is 2. The summed E-state index contributed by atoms with van der Waals surface area (Å²) >= 11 is 6.40. The van der Waals surface area contributed by atoms with Gasteiger partial charge < -0.3 is 15.0 Å². The molecule has 1 aliphatic rings. The number of hydrogen-bond donors (Lipinski definition) is 1. The molecule has 3 nitrogen and oxygen atoms in total. The molecule has 0 aromatic heterocycles. The summed E-state index contributed by atoms with van der Waals surface area (Å²) in [6, 6.07) is 12.0. The first-order valence-corrected chi connectivity index (χ1v) is 9.88. The maximum atomic E-state index is 13.0. The van der Waals surface area contributed by atoms with Crippen LogP contribution in [0, 0.1) is 5.82 Å². The third kappa shape index (κ3) is 6.40. The van der Waals surface area contributed by atoms with E-state index in [1.807, 2.05) is 25.1 Å². The van der Waals surface area contributed by atoms with Gasteiger partial charge in [0.1, 0.15) is 17.7 Å². The largest absolute Gasteiger partial charge is 0.490 e. The van der Waals surface area contributed by atoms with E-state index < -0.39 is 0 Å². The first kappa shape index (κ1) is 22.6. The molecule has 1 heterocycles. The minimum atomic E-state index is -0.256. The van der Waals surface area contributed by atoms with Crippen LogP contribution in [0.4, 0.5) is 10.1 Å². The number of ether oxygens (including phenoxy) is 1. The van der Waals surface area contributed by atoms with Crippen molar-refractivity contribution in [2.24, 2.45) is 0 Å². The molecule has 3 rings (SSSR count). The lowest BCUT2D eigenvalue weighted by atomic mass is 10.0. The fourth-order valence-electron chi connectivity index (χ4n) is 3.19. The fourth-order valence-corrected chi connectivity index (χ4v) is 3.42. The van der Waals surface area contributed by atoms with Crippen LogP contribution in [0.15, 0.2) is 74.5 Å². The monoisotopic (exact) mass is 414 g/mol. The molecule has 0 aliphatic carbocycles. The first-order valence-electron chi connectivity index (χ1n) is 9.51. The second kappa shape index (κ2) is 10.7. The number of nitrogens with one attached hydrogen (secondary N) is 1. The lowest BCUT2D eigenvalue weighted by molar-refractivity contribution is 0.127. The highest BCUT2D eigenvalue weighted by Crippen LogP contribution is 2.31. The van der Waals surface area contributed by atoms with Gasteiger partial charge in [-0.15, -0.1) is 13.2 Å². The van der Waals surface area contributed by atoms with Crippen LogP contribution in [0.2, 0.25) is 5.02 Å². The number of nitrogens with zero attached hydrogens (tertiary/aromatic N) is 1. The molecule has 1 N–H and O–H groups in total. The minimum Gasteiger partial charge on any atom is -0.490 e. The van der Waals surface area contributed by atoms with Crippen molar-refractivity contribution in [3.63, 3.8) is 0 Å². The van der Waals surface area contributed by atoms with Gasteiger partial charge in [-0.1, -0.05) is 24.8 Å². The van der Waals surface area contributed by atoms with Crippen LogP contribution in [-0.2, 0) is 0 Å². The molecule has 0 amide bonds. The van der Waals surface area contributed by atoms with Crippen LogP contribution in [0.3, 0.4) is 0 Å². The maximum absolute atomic E-state index is 13.0. The smallest absolute Gasteiger partial charge is 0.123 e. The van der Waals surface area contributed by atoms with E-state index >= 15 is 0 Å². The highest BCUT2D eigenvalue weighted by atomic mass is 35.5. The Morgan fingerprint density at radius 3 is 2.31 bits per heavy atom. The molecular weight excluding hydrogens is 387 g/mol. The van der Waals surface area contributed by atoms with E-state index in [2.05, 4.69) is 36.5 Å². The number of rotatable bonds is 6. The summed E-state index contributed by atoms with van der Waals surface area (Å²) in [5.74, 6) is 0.448. The Balaban J connectivity index is 0.00000145. The Labute approximate surface area is 178 Å². The predicted octanol–water partition coefficient (Wildman–Crippen LogP) is 6.74. The van der Waals surface area contributed by atoms with Crippen molar-refractivity contribution in [3.05, 3.63) is 90.9 Å². The van der Waals surface area contributed by atoms with Crippen LogP contribution in [0.1, 0.15) is 25.3 Å². The Kier molecular flexibility index (Phi) is 8.34. The summed E-state index contributed by atoms with van der Waals surface area (Å²) in [5, 5.41) is 3.89. The number of allylic oxidation sites excluding steroid dienone is 1. The van der Waals surface area contributed by atoms with Gasteiger partial charge in [-0.2, -0.15) is 0 Å². The maximum Gasteiger partial charge on any atom is 0.123 e. The zero-order valence-corrected chi connectivity index (χ0v) is 17.6. The molecule has 0 atom stereocenters. The standard InChI is InChI=1S/C22H24ClFN2O.C2H4/c1-15(2)25-18-6-9-22(23)21(14-18)16(3)26-12-10-20(11-13-26)27-19-7-4-17(24)5-8-19;1-2/h4-9,14,20,25H,1,3,10-13H2,2H3;1-2H2. The van der Waals surface area contributed by atoms with Gasteiger partial charge in [0.05, 0.1) is 0 Å².